The molecule has 1 aliphatic heterocycles. The molecule has 0 saturated heterocycles. The molecule has 9 heteroatoms. The Morgan fingerprint density at radius 2 is 2.03 bits per heavy atom. The van der Waals surface area contributed by atoms with Gasteiger partial charge in [-0.25, -0.2) is 14.7 Å². The molecule has 2 heterocycles. The van der Waals surface area contributed by atoms with Crippen molar-refractivity contribution in [2.75, 3.05) is 20.3 Å². The highest BCUT2D eigenvalue weighted by molar-refractivity contribution is 14.0. The maximum atomic E-state index is 5.58. The molecule has 1 atom stereocenters. The maximum absolute atomic E-state index is 5.58. The lowest BCUT2D eigenvalue weighted by Crippen LogP contribution is -2.47. The quantitative estimate of drug-likeness (QED) is 0.296. The van der Waals surface area contributed by atoms with Crippen molar-refractivity contribution in [3.63, 3.8) is 0 Å². The van der Waals surface area contributed by atoms with Crippen LogP contribution in [0.5, 0.6) is 0 Å². The summed E-state index contributed by atoms with van der Waals surface area (Å²) in [5, 5.41) is 11.5. The van der Waals surface area contributed by atoms with Gasteiger partial charge in [-0.05, 0) is 31.4 Å². The summed E-state index contributed by atoms with van der Waals surface area (Å²) in [5.41, 5.74) is 2.37. The van der Waals surface area contributed by atoms with E-state index >= 15 is 0 Å². The van der Waals surface area contributed by atoms with E-state index in [0.717, 1.165) is 43.5 Å². The highest BCUT2D eigenvalue weighted by atomic mass is 127. The Labute approximate surface area is 195 Å². The summed E-state index contributed by atoms with van der Waals surface area (Å²) in [5.74, 6) is 2.60. The molecule has 2 N–H and O–H groups in total. The lowest BCUT2D eigenvalue weighted by molar-refractivity contribution is 0.133. The van der Waals surface area contributed by atoms with Gasteiger partial charge in [-0.2, -0.15) is 5.10 Å². The normalized spacial score (nSPS) is 16.0. The molecule has 3 rings (SSSR count). The van der Waals surface area contributed by atoms with E-state index in [1.807, 2.05) is 23.7 Å². The van der Waals surface area contributed by atoms with E-state index < -0.39 is 0 Å². The van der Waals surface area contributed by atoms with Gasteiger partial charge >= 0.3 is 0 Å². The first kappa shape index (κ1) is 24.5. The van der Waals surface area contributed by atoms with Gasteiger partial charge < -0.3 is 20.1 Å². The summed E-state index contributed by atoms with van der Waals surface area (Å²) in [6, 6.07) is 8.56. The predicted octanol–water partition coefficient (Wildman–Crippen LogP) is 2.65. The molecule has 30 heavy (non-hydrogen) atoms. The Hall–Kier alpha value is -1.72. The van der Waals surface area contributed by atoms with Gasteiger partial charge in [-0.15, -0.1) is 24.0 Å². The fraction of sp³-hybridized carbons (Fsp3) is 0.571. The van der Waals surface area contributed by atoms with Gasteiger partial charge in [0, 0.05) is 32.7 Å². The fourth-order valence-electron chi connectivity index (χ4n) is 3.41. The van der Waals surface area contributed by atoms with Crippen LogP contribution in [0.15, 0.2) is 29.3 Å². The second-order valence-corrected chi connectivity index (χ2v) is 7.04. The number of aromatic nitrogens is 3. The third-order valence-electron chi connectivity index (χ3n) is 4.85. The van der Waals surface area contributed by atoms with Crippen molar-refractivity contribution >= 4 is 29.9 Å². The number of hydrogen-bond acceptors (Lipinski definition) is 5. The molecule has 2 aromatic rings. The van der Waals surface area contributed by atoms with Crippen LogP contribution in [0.3, 0.4) is 0 Å². The molecule has 0 radical (unpaired) electrons. The number of guanidine groups is 1. The molecule has 1 aromatic carbocycles. The molecule has 0 fully saturated rings. The van der Waals surface area contributed by atoms with Gasteiger partial charge in [0.2, 0.25) is 0 Å². The van der Waals surface area contributed by atoms with Crippen molar-refractivity contribution in [1.29, 1.82) is 0 Å². The van der Waals surface area contributed by atoms with Gasteiger partial charge in [0.05, 0.1) is 19.7 Å². The van der Waals surface area contributed by atoms with E-state index in [1.165, 1.54) is 11.1 Å². The van der Waals surface area contributed by atoms with Gasteiger partial charge in [0.1, 0.15) is 12.4 Å². The zero-order valence-electron chi connectivity index (χ0n) is 18.1. The average Bonchev–Trinajstić information content (AvgIpc) is 3.13. The minimum atomic E-state index is 0. The molecule has 0 saturated carbocycles. The summed E-state index contributed by atoms with van der Waals surface area (Å²) in [6.45, 7) is 8.06. The van der Waals surface area contributed by atoms with Crippen molar-refractivity contribution in [1.82, 2.24) is 25.4 Å². The molecular formula is C21H33IN6O2. The van der Waals surface area contributed by atoms with Crippen LogP contribution < -0.4 is 10.6 Å². The van der Waals surface area contributed by atoms with Crippen molar-refractivity contribution < 1.29 is 9.47 Å². The second-order valence-electron chi connectivity index (χ2n) is 7.04. The van der Waals surface area contributed by atoms with E-state index in [4.69, 9.17) is 14.5 Å². The first-order valence-corrected chi connectivity index (χ1v) is 10.3. The number of nitrogens with zero attached hydrogens (tertiary/aromatic N) is 4. The molecule has 1 unspecified atom stereocenters. The van der Waals surface area contributed by atoms with Crippen LogP contribution in [0.1, 0.15) is 43.0 Å². The highest BCUT2D eigenvalue weighted by Crippen LogP contribution is 2.14. The minimum Gasteiger partial charge on any atom is -0.377 e. The van der Waals surface area contributed by atoms with Crippen molar-refractivity contribution in [3.8, 4) is 0 Å². The van der Waals surface area contributed by atoms with E-state index in [0.29, 0.717) is 26.4 Å². The molecule has 0 aliphatic carbocycles. The van der Waals surface area contributed by atoms with Gasteiger partial charge in [0.15, 0.2) is 11.8 Å². The number of benzene rings is 1. The first-order valence-electron chi connectivity index (χ1n) is 10.3. The zero-order chi connectivity index (χ0) is 20.5. The summed E-state index contributed by atoms with van der Waals surface area (Å²) in [6.07, 6.45) is 1.89. The first-order chi connectivity index (χ1) is 14.2. The molecule has 0 bridgehead atoms. The third kappa shape index (κ3) is 6.92. The highest BCUT2D eigenvalue weighted by Gasteiger charge is 2.22. The van der Waals surface area contributed by atoms with E-state index in [2.05, 4.69) is 39.8 Å². The minimum absolute atomic E-state index is 0. The summed E-state index contributed by atoms with van der Waals surface area (Å²) in [7, 11) is 1.66. The van der Waals surface area contributed by atoms with Crippen LogP contribution in [0.2, 0.25) is 0 Å². The Morgan fingerprint density at radius 3 is 2.77 bits per heavy atom. The topological polar surface area (TPSA) is 85.6 Å². The van der Waals surface area contributed by atoms with Gasteiger partial charge in [0.25, 0.3) is 0 Å². The van der Waals surface area contributed by atoms with E-state index in [-0.39, 0.29) is 30.0 Å². The zero-order valence-corrected chi connectivity index (χ0v) is 20.4. The Morgan fingerprint density at radius 1 is 1.23 bits per heavy atom. The number of nitrogens with one attached hydrogen (secondary N) is 2. The fourth-order valence-corrected chi connectivity index (χ4v) is 3.41. The lowest BCUT2D eigenvalue weighted by atomic mass is 10.1. The lowest BCUT2D eigenvalue weighted by Gasteiger charge is -2.25. The number of hydrogen-bond donors (Lipinski definition) is 2. The van der Waals surface area contributed by atoms with E-state index in [9.17, 15) is 0 Å². The summed E-state index contributed by atoms with van der Waals surface area (Å²) >= 11 is 0. The molecule has 166 valence electrons. The molecule has 0 spiro atoms. The number of rotatable bonds is 9. The number of aryl methyl sites for hydroxylation is 1. The smallest absolute Gasteiger partial charge is 0.191 e. The Kier molecular flexibility index (Phi) is 10.5. The molecular weight excluding hydrogens is 495 g/mol. The molecule has 1 aliphatic rings. The number of fused-ring (bicyclic) bond motifs is 1. The molecule has 1 aromatic heterocycles. The SMILES string of the molecule is CCNC(=NCc1ccccc1COCC)NC1CCc2nc(COC)nn2C1.I. The Bertz CT molecular complexity index is 811. The predicted molar refractivity (Wildman–Crippen MR) is 128 cm³/mol. The second kappa shape index (κ2) is 12.9. The van der Waals surface area contributed by atoms with Crippen molar-refractivity contribution in [2.45, 2.75) is 59.0 Å². The molecule has 0 amide bonds. The van der Waals surface area contributed by atoms with Crippen LogP contribution in [-0.4, -0.2) is 47.0 Å². The van der Waals surface area contributed by atoms with Crippen LogP contribution >= 0.6 is 24.0 Å². The van der Waals surface area contributed by atoms with Crippen molar-refractivity contribution in [2.24, 2.45) is 4.99 Å². The monoisotopic (exact) mass is 528 g/mol. The average molecular weight is 528 g/mol. The van der Waals surface area contributed by atoms with Crippen LogP contribution in [0, 0.1) is 0 Å². The number of halogens is 1. The van der Waals surface area contributed by atoms with Crippen molar-refractivity contribution in [3.05, 3.63) is 47.0 Å². The number of ether oxygens (including phenoxy) is 2. The number of methoxy groups -OCH3 is 1. The summed E-state index contributed by atoms with van der Waals surface area (Å²) in [4.78, 5) is 9.35. The largest absolute Gasteiger partial charge is 0.377 e. The van der Waals surface area contributed by atoms with Crippen LogP contribution in [0.4, 0.5) is 0 Å². The maximum Gasteiger partial charge on any atom is 0.191 e. The van der Waals surface area contributed by atoms with E-state index in [1.54, 1.807) is 7.11 Å². The third-order valence-corrected chi connectivity index (χ3v) is 4.85. The van der Waals surface area contributed by atoms with Crippen LogP contribution in [0.25, 0.3) is 0 Å². The Balaban J connectivity index is 0.00000320. The van der Waals surface area contributed by atoms with Gasteiger partial charge in [-0.1, -0.05) is 24.3 Å². The van der Waals surface area contributed by atoms with Gasteiger partial charge in [-0.3, -0.25) is 0 Å². The van der Waals surface area contributed by atoms with Crippen LogP contribution in [-0.2, 0) is 42.2 Å². The number of aliphatic imine (C=N–C) groups is 1. The molecule has 8 nitrogen and oxygen atoms in total. The standard InChI is InChI=1S/C21H32N6O2.HI/c1-4-22-21(23-12-16-8-6-7-9-17(16)14-29-5-2)24-18-10-11-20-25-19(15-28-3)26-27(20)13-18;/h6-9,18H,4-5,10-15H2,1-3H3,(H2,22,23,24);1H. The summed E-state index contributed by atoms with van der Waals surface area (Å²) < 4.78 is 12.7.